The monoisotopic (exact) mass is 491 g/mol. The first-order valence-electron chi connectivity index (χ1n) is 11.9. The van der Waals surface area contributed by atoms with Gasteiger partial charge in [0.05, 0.1) is 36.3 Å². The Morgan fingerprint density at radius 2 is 1.69 bits per heavy atom. The van der Waals surface area contributed by atoms with E-state index in [1.54, 1.807) is 67.8 Å². The van der Waals surface area contributed by atoms with Crippen molar-refractivity contribution in [1.29, 1.82) is 0 Å². The molecular formula is C28H30FN3O4. The van der Waals surface area contributed by atoms with Crippen LogP contribution in [-0.4, -0.2) is 44.2 Å². The third kappa shape index (κ3) is 6.01. The number of nitrogens with zero attached hydrogens (tertiary/aromatic N) is 1. The smallest absolute Gasteiger partial charge is 0.255 e. The number of nitrogens with one attached hydrogen (secondary N) is 2. The van der Waals surface area contributed by atoms with Crippen molar-refractivity contribution in [3.05, 3.63) is 89.2 Å². The quantitative estimate of drug-likeness (QED) is 0.504. The van der Waals surface area contributed by atoms with E-state index in [9.17, 15) is 14.0 Å². The Morgan fingerprint density at radius 3 is 2.36 bits per heavy atom. The molecule has 2 amide bonds. The lowest BCUT2D eigenvalue weighted by atomic mass is 10.1. The second kappa shape index (κ2) is 11.2. The van der Waals surface area contributed by atoms with Gasteiger partial charge < -0.3 is 25.0 Å². The van der Waals surface area contributed by atoms with E-state index in [-0.39, 0.29) is 36.4 Å². The summed E-state index contributed by atoms with van der Waals surface area (Å²) in [6.07, 6.45) is 0.0507. The minimum atomic E-state index is -0.374. The van der Waals surface area contributed by atoms with Gasteiger partial charge in [0, 0.05) is 25.2 Å². The van der Waals surface area contributed by atoms with Crippen LogP contribution in [0.25, 0.3) is 0 Å². The van der Waals surface area contributed by atoms with Crippen LogP contribution in [0.15, 0.2) is 66.7 Å². The van der Waals surface area contributed by atoms with Crippen LogP contribution in [0.4, 0.5) is 15.8 Å². The molecule has 2 N–H and O–H groups in total. The van der Waals surface area contributed by atoms with E-state index in [2.05, 4.69) is 10.6 Å². The van der Waals surface area contributed by atoms with Crippen molar-refractivity contribution in [3.63, 3.8) is 0 Å². The van der Waals surface area contributed by atoms with Gasteiger partial charge in [0.1, 0.15) is 11.6 Å². The molecule has 8 heteroatoms. The van der Waals surface area contributed by atoms with Gasteiger partial charge in [-0.05, 0) is 67.9 Å². The number of para-hydroxylation sites is 1. The molecule has 3 aromatic rings. The number of carbonyl (C=O) groups is 2. The maximum absolute atomic E-state index is 14.9. The number of benzene rings is 3. The molecule has 0 saturated carbocycles. The molecule has 0 radical (unpaired) electrons. The second-order valence-corrected chi connectivity index (χ2v) is 8.86. The van der Waals surface area contributed by atoms with Gasteiger partial charge in [0.15, 0.2) is 0 Å². The minimum Gasteiger partial charge on any atom is -0.497 e. The molecule has 4 rings (SSSR count). The lowest BCUT2D eigenvalue weighted by molar-refractivity contribution is -0.00539. The summed E-state index contributed by atoms with van der Waals surface area (Å²) < 4.78 is 25.8. The first kappa shape index (κ1) is 25.2. The van der Waals surface area contributed by atoms with E-state index in [0.717, 1.165) is 0 Å². The van der Waals surface area contributed by atoms with Crippen molar-refractivity contribution < 1.29 is 23.5 Å². The third-order valence-electron chi connectivity index (χ3n) is 6.00. The molecule has 1 heterocycles. The summed E-state index contributed by atoms with van der Waals surface area (Å²) >= 11 is 0. The van der Waals surface area contributed by atoms with Gasteiger partial charge in [0.25, 0.3) is 11.8 Å². The highest BCUT2D eigenvalue weighted by Gasteiger charge is 2.24. The number of ether oxygens (including phenoxy) is 2. The van der Waals surface area contributed by atoms with Crippen molar-refractivity contribution in [2.75, 3.05) is 30.4 Å². The van der Waals surface area contributed by atoms with E-state index >= 15 is 0 Å². The molecular weight excluding hydrogens is 461 g/mol. The van der Waals surface area contributed by atoms with E-state index < -0.39 is 0 Å². The molecule has 1 aliphatic heterocycles. The molecule has 0 spiro atoms. The Hall–Kier alpha value is -3.91. The van der Waals surface area contributed by atoms with Gasteiger partial charge in [-0.2, -0.15) is 0 Å². The average Bonchev–Trinajstić information content (AvgIpc) is 2.87. The second-order valence-electron chi connectivity index (χ2n) is 8.86. The van der Waals surface area contributed by atoms with Crippen molar-refractivity contribution >= 4 is 23.2 Å². The van der Waals surface area contributed by atoms with Crippen molar-refractivity contribution in [2.45, 2.75) is 32.6 Å². The Morgan fingerprint density at radius 1 is 1.00 bits per heavy atom. The van der Waals surface area contributed by atoms with Gasteiger partial charge >= 0.3 is 0 Å². The predicted octanol–water partition coefficient (Wildman–Crippen LogP) is 4.63. The third-order valence-corrected chi connectivity index (χ3v) is 6.00. The Bertz CT molecular complexity index is 1220. The first-order valence-corrected chi connectivity index (χ1v) is 11.9. The summed E-state index contributed by atoms with van der Waals surface area (Å²) in [5.41, 5.74) is 2.30. The number of hydrogen-bond acceptors (Lipinski definition) is 5. The summed E-state index contributed by atoms with van der Waals surface area (Å²) in [7, 11) is 1.55. The summed E-state index contributed by atoms with van der Waals surface area (Å²) in [5, 5.41) is 5.60. The average molecular weight is 492 g/mol. The number of rotatable bonds is 7. The SMILES string of the molecule is COc1ccc(C(=O)Nc2ccccc2C(=O)NCc2ccc(N3CC(C)OC(C)C3)c(F)c2)cc1. The number of hydrogen-bond donors (Lipinski definition) is 2. The van der Waals surface area contributed by atoms with Gasteiger partial charge in [-0.25, -0.2) is 4.39 Å². The molecule has 2 atom stereocenters. The minimum absolute atomic E-state index is 0.0254. The lowest BCUT2D eigenvalue weighted by Gasteiger charge is -2.37. The van der Waals surface area contributed by atoms with E-state index in [4.69, 9.17) is 9.47 Å². The number of anilines is 2. The van der Waals surface area contributed by atoms with Crippen LogP contribution in [0.2, 0.25) is 0 Å². The van der Waals surface area contributed by atoms with E-state index in [1.165, 1.54) is 6.07 Å². The van der Waals surface area contributed by atoms with Crippen molar-refractivity contribution in [1.82, 2.24) is 5.32 Å². The Labute approximate surface area is 210 Å². The molecule has 1 fully saturated rings. The fourth-order valence-corrected chi connectivity index (χ4v) is 4.30. The van der Waals surface area contributed by atoms with Gasteiger partial charge in [-0.1, -0.05) is 18.2 Å². The molecule has 3 aromatic carbocycles. The van der Waals surface area contributed by atoms with Crippen molar-refractivity contribution in [2.24, 2.45) is 0 Å². The summed E-state index contributed by atoms with van der Waals surface area (Å²) in [6.45, 7) is 5.34. The predicted molar refractivity (Wildman–Crippen MR) is 137 cm³/mol. The fourth-order valence-electron chi connectivity index (χ4n) is 4.30. The van der Waals surface area contributed by atoms with Crippen LogP contribution >= 0.6 is 0 Å². The Kier molecular flexibility index (Phi) is 7.85. The molecule has 0 bridgehead atoms. The molecule has 1 aliphatic rings. The number of amides is 2. The molecule has 1 saturated heterocycles. The fraction of sp³-hybridized carbons (Fsp3) is 0.286. The molecule has 7 nitrogen and oxygen atoms in total. The lowest BCUT2D eigenvalue weighted by Crippen LogP contribution is -2.45. The molecule has 0 aromatic heterocycles. The standard InChI is InChI=1S/C28H30FN3O4/c1-18-16-32(17-19(2)36-18)26-13-8-20(14-24(26)29)15-30-28(34)23-6-4-5-7-25(23)31-27(33)21-9-11-22(35-3)12-10-21/h4-14,18-19H,15-17H2,1-3H3,(H,30,34)(H,31,33). The molecule has 2 unspecified atom stereocenters. The van der Waals surface area contributed by atoms with Crippen LogP contribution in [-0.2, 0) is 11.3 Å². The van der Waals surface area contributed by atoms with Gasteiger partial charge in [-0.15, -0.1) is 0 Å². The highest BCUT2D eigenvalue weighted by atomic mass is 19.1. The molecule has 188 valence electrons. The van der Waals surface area contributed by atoms with Gasteiger partial charge in [-0.3, -0.25) is 9.59 Å². The first-order chi connectivity index (χ1) is 17.3. The maximum atomic E-state index is 14.9. The van der Waals surface area contributed by atoms with Crippen molar-refractivity contribution in [3.8, 4) is 5.75 Å². The van der Waals surface area contributed by atoms with Gasteiger partial charge in [0.2, 0.25) is 0 Å². The van der Waals surface area contributed by atoms with Crippen LogP contribution in [0.1, 0.15) is 40.1 Å². The number of carbonyl (C=O) groups excluding carboxylic acids is 2. The van der Waals surface area contributed by atoms with Crippen LogP contribution in [0, 0.1) is 5.82 Å². The summed E-state index contributed by atoms with van der Waals surface area (Å²) in [4.78, 5) is 27.6. The Balaban J connectivity index is 1.40. The number of halogens is 1. The zero-order valence-electron chi connectivity index (χ0n) is 20.6. The van der Waals surface area contributed by atoms with Crippen LogP contribution in [0.3, 0.4) is 0 Å². The maximum Gasteiger partial charge on any atom is 0.255 e. The molecule has 36 heavy (non-hydrogen) atoms. The zero-order valence-corrected chi connectivity index (χ0v) is 20.6. The zero-order chi connectivity index (χ0) is 25.7. The highest BCUT2D eigenvalue weighted by Crippen LogP contribution is 2.25. The van der Waals surface area contributed by atoms with Crippen LogP contribution in [0.5, 0.6) is 5.75 Å². The van der Waals surface area contributed by atoms with Crippen LogP contribution < -0.4 is 20.3 Å². The van der Waals surface area contributed by atoms with E-state index in [0.29, 0.717) is 46.9 Å². The summed E-state index contributed by atoms with van der Waals surface area (Å²) in [5.74, 6) is -0.414. The number of morpholine rings is 1. The largest absolute Gasteiger partial charge is 0.497 e. The molecule has 0 aliphatic carbocycles. The highest BCUT2D eigenvalue weighted by molar-refractivity contribution is 6.09. The summed E-state index contributed by atoms with van der Waals surface area (Å²) in [6, 6.07) is 18.4. The normalized spacial score (nSPS) is 17.4. The number of methoxy groups -OCH3 is 1. The van der Waals surface area contributed by atoms with E-state index in [1.807, 2.05) is 18.7 Å². The topological polar surface area (TPSA) is 79.9 Å².